The normalized spacial score (nSPS) is 13.8. The zero-order valence-electron chi connectivity index (χ0n) is 27.3. The van der Waals surface area contributed by atoms with Crippen molar-refractivity contribution in [2.24, 2.45) is 11.3 Å². The van der Waals surface area contributed by atoms with Gasteiger partial charge in [0.15, 0.2) is 6.29 Å². The van der Waals surface area contributed by atoms with Crippen LogP contribution < -0.4 is 5.32 Å². The Bertz CT molecular complexity index is 554. The van der Waals surface area contributed by atoms with Crippen molar-refractivity contribution in [2.45, 2.75) is 119 Å². The Morgan fingerprint density at radius 1 is 1.00 bits per heavy atom. The molecule has 0 aromatic carbocycles. The van der Waals surface area contributed by atoms with Gasteiger partial charge in [-0.1, -0.05) is 79.7 Å². The number of likely N-dealkylation sites (N-methyl/N-ethyl adjacent to an activating group) is 1. The quantitative estimate of drug-likeness (QED) is 0.0583. The molecule has 0 fully saturated rings. The minimum absolute atomic E-state index is 0.0230. The first-order valence-corrected chi connectivity index (χ1v) is 17.1. The number of allylic oxidation sites excluding steroid dienone is 2. The highest BCUT2D eigenvalue weighted by Gasteiger charge is 2.21. The van der Waals surface area contributed by atoms with Crippen molar-refractivity contribution in [3.05, 3.63) is 11.8 Å². The van der Waals surface area contributed by atoms with Gasteiger partial charge in [-0.2, -0.15) is 0 Å². The first-order chi connectivity index (χ1) is 18.4. The molecule has 3 N–H and O–H groups in total. The third-order valence-corrected chi connectivity index (χ3v) is 7.98. The van der Waals surface area contributed by atoms with Crippen LogP contribution in [0.25, 0.3) is 0 Å². The number of rotatable bonds is 20. The number of unbranched alkanes of at least 4 members (excludes halogenated alkanes) is 4. The summed E-state index contributed by atoms with van der Waals surface area (Å²) in [6.07, 6.45) is 12.1. The number of hydrogen-bond acceptors (Lipinski definition) is 7. The number of hydrogen-bond donors (Lipinski definition) is 3. The largest absolute Gasteiger partial charge is 0.498 e. The molecule has 0 heterocycles. The second-order valence-electron chi connectivity index (χ2n) is 11.1. The molecule has 0 aliphatic rings. The lowest BCUT2D eigenvalue weighted by atomic mass is 10.0. The van der Waals surface area contributed by atoms with Gasteiger partial charge >= 0.3 is 5.71 Å². The number of carbonyl (C=O) groups is 1. The fourth-order valence-electron chi connectivity index (χ4n) is 3.26. The van der Waals surface area contributed by atoms with Gasteiger partial charge in [-0.15, -0.1) is 0 Å². The van der Waals surface area contributed by atoms with Crippen LogP contribution in [-0.4, -0.2) is 75.1 Å². The van der Waals surface area contributed by atoms with E-state index in [9.17, 15) is 4.79 Å². The maximum atomic E-state index is 11.5. The number of aliphatic hydroxyl groups excluding tert-OH is 2. The average Bonchev–Trinajstić information content (AvgIpc) is 2.90. The van der Waals surface area contributed by atoms with E-state index in [0.717, 1.165) is 56.7 Å². The smallest absolute Gasteiger partial charge is 0.325 e. The molecule has 0 saturated heterocycles. The van der Waals surface area contributed by atoms with Crippen LogP contribution in [0, 0.1) is 11.3 Å². The van der Waals surface area contributed by atoms with Gasteiger partial charge in [0.1, 0.15) is 6.61 Å². The molecule has 0 saturated carbocycles. The third kappa shape index (κ3) is 35.3. The molecule has 7 nitrogen and oxygen atoms in total. The summed E-state index contributed by atoms with van der Waals surface area (Å²) in [5.41, 5.74) is 0.188. The average molecular weight is 580 g/mol. The third-order valence-electron chi connectivity index (χ3n) is 5.81. The molecule has 0 aliphatic heterocycles. The van der Waals surface area contributed by atoms with Crippen LogP contribution >= 0.6 is 7.92 Å². The van der Waals surface area contributed by atoms with Gasteiger partial charge in [-0.3, -0.25) is 0 Å². The van der Waals surface area contributed by atoms with Crippen LogP contribution in [0.3, 0.4) is 0 Å². The highest BCUT2D eigenvalue weighted by molar-refractivity contribution is 7.73. The maximum absolute atomic E-state index is 11.5. The van der Waals surface area contributed by atoms with E-state index in [1.807, 2.05) is 40.6 Å². The van der Waals surface area contributed by atoms with Crippen molar-refractivity contribution in [1.29, 1.82) is 0 Å². The molecule has 3 unspecified atom stereocenters. The predicted octanol–water partition coefficient (Wildman–Crippen LogP) is 7.93. The van der Waals surface area contributed by atoms with Gasteiger partial charge in [0.05, 0.1) is 12.4 Å². The Hall–Kier alpha value is -0.720. The van der Waals surface area contributed by atoms with Crippen LogP contribution in [0.1, 0.15) is 113 Å². The first-order valence-electron chi connectivity index (χ1n) is 15.1. The second kappa shape index (κ2) is 30.2. The molecular formula is C31H66NO6P. The molecule has 0 rings (SSSR count). The molecule has 8 heteroatoms. The summed E-state index contributed by atoms with van der Waals surface area (Å²) >= 11 is 0. The van der Waals surface area contributed by atoms with Crippen molar-refractivity contribution in [2.75, 3.05) is 52.8 Å². The van der Waals surface area contributed by atoms with Crippen LogP contribution in [0.4, 0.5) is 4.79 Å². The molecule has 0 amide bonds. The number of nitrogens with one attached hydrogen (secondary N) is 1. The number of aliphatic hydroxyl groups is 2. The van der Waals surface area contributed by atoms with Gasteiger partial charge in [0, 0.05) is 27.7 Å². The first kappa shape index (κ1) is 42.7. The summed E-state index contributed by atoms with van der Waals surface area (Å²) in [5.74, 6) is 1.80. The zero-order chi connectivity index (χ0) is 30.5. The van der Waals surface area contributed by atoms with Gasteiger partial charge < -0.3 is 29.7 Å². The van der Waals surface area contributed by atoms with Gasteiger partial charge in [-0.25, -0.2) is 4.79 Å². The maximum Gasteiger partial charge on any atom is 0.325 e. The predicted molar refractivity (Wildman–Crippen MR) is 169 cm³/mol. The van der Waals surface area contributed by atoms with E-state index in [-0.39, 0.29) is 17.7 Å². The topological polar surface area (TPSA) is 97.2 Å². The van der Waals surface area contributed by atoms with Crippen LogP contribution in [0.2, 0.25) is 0 Å². The van der Waals surface area contributed by atoms with Crippen molar-refractivity contribution in [1.82, 2.24) is 5.32 Å². The molecule has 39 heavy (non-hydrogen) atoms. The summed E-state index contributed by atoms with van der Waals surface area (Å²) in [6, 6.07) is 0. The Balaban J connectivity index is -0.000000500. The van der Waals surface area contributed by atoms with Gasteiger partial charge in [-0.05, 0) is 70.7 Å². The monoisotopic (exact) mass is 579 g/mol. The summed E-state index contributed by atoms with van der Waals surface area (Å²) in [6.45, 7) is 21.8. The van der Waals surface area contributed by atoms with Crippen molar-refractivity contribution >= 4 is 13.6 Å². The molecule has 0 bridgehead atoms. The minimum atomic E-state index is -0.635. The summed E-state index contributed by atoms with van der Waals surface area (Å²) < 4.78 is 15.8. The molecule has 0 aromatic heterocycles. The van der Waals surface area contributed by atoms with Crippen molar-refractivity contribution in [3.63, 3.8) is 0 Å². The number of ether oxygens (including phenoxy) is 3. The van der Waals surface area contributed by atoms with Gasteiger partial charge in [0.2, 0.25) is 0 Å². The summed E-state index contributed by atoms with van der Waals surface area (Å²) in [5, 5.41) is 20.4. The Labute approximate surface area is 243 Å². The van der Waals surface area contributed by atoms with E-state index in [1.165, 1.54) is 25.7 Å². The van der Waals surface area contributed by atoms with E-state index >= 15 is 0 Å². The lowest BCUT2D eigenvalue weighted by molar-refractivity contribution is -0.101. The lowest BCUT2D eigenvalue weighted by Gasteiger charge is -2.22. The molecule has 236 valence electrons. The minimum Gasteiger partial charge on any atom is -0.498 e. The lowest BCUT2D eigenvalue weighted by Crippen LogP contribution is -2.18. The molecular weight excluding hydrogens is 513 g/mol. The number of carbonyl (C=O) groups excluding carboxylic acids is 1. The van der Waals surface area contributed by atoms with E-state index < -0.39 is 14.2 Å². The SMILES string of the molecule is C/C=C(\C)OCC(CC)CCCC.CCC(O)OCCCCCCO.CNCCOC(=O)P(C)CC(C)(C)C. The fraction of sp³-hybridized carbons (Fsp3) is 0.903. The molecule has 0 aliphatic carbocycles. The van der Waals surface area contributed by atoms with Crippen molar-refractivity contribution < 1.29 is 29.2 Å². The highest BCUT2D eigenvalue weighted by Crippen LogP contribution is 2.39. The molecule has 3 atom stereocenters. The summed E-state index contributed by atoms with van der Waals surface area (Å²) in [4.78, 5) is 11.5. The Morgan fingerprint density at radius 2 is 1.64 bits per heavy atom. The van der Waals surface area contributed by atoms with Crippen molar-refractivity contribution in [3.8, 4) is 0 Å². The van der Waals surface area contributed by atoms with Gasteiger partial charge in [0.25, 0.3) is 0 Å². The van der Waals surface area contributed by atoms with E-state index in [1.54, 1.807) is 0 Å². The van der Waals surface area contributed by atoms with E-state index in [2.05, 4.69) is 39.9 Å². The van der Waals surface area contributed by atoms with E-state index in [0.29, 0.717) is 19.6 Å². The molecule has 0 aromatic rings. The van der Waals surface area contributed by atoms with Crippen LogP contribution in [0.5, 0.6) is 0 Å². The molecule has 0 radical (unpaired) electrons. The standard InChI is InChI=1S/C12H24O.C10H22NO2P.C9H20O3/c1-5-8-9-12(7-3)10-13-11(4)6-2;1-10(2,3)8-14(5)9(12)13-7-6-11-4;1-2-9(11)12-8-6-4-3-5-7-10/h6,12H,5,7-10H2,1-4H3;11H,6-8H2,1-5H3;9-11H,2-8H2,1H3/b11-6+;;. The van der Waals surface area contributed by atoms with Crippen LogP contribution in [-0.2, 0) is 14.2 Å². The Kier molecular flexibility index (Phi) is 33.1. The second-order valence-corrected chi connectivity index (χ2v) is 13.2. The van der Waals surface area contributed by atoms with E-state index in [4.69, 9.17) is 24.4 Å². The molecule has 0 spiro atoms. The van der Waals surface area contributed by atoms with Crippen LogP contribution in [0.15, 0.2) is 11.8 Å². The highest BCUT2D eigenvalue weighted by atomic mass is 31.1. The zero-order valence-corrected chi connectivity index (χ0v) is 28.2. The fourth-order valence-corrected chi connectivity index (χ4v) is 5.13. The Morgan fingerprint density at radius 3 is 2.13 bits per heavy atom. The summed E-state index contributed by atoms with van der Waals surface area (Å²) in [7, 11) is 1.21.